The first-order valence-electron chi connectivity index (χ1n) is 10.2. The van der Waals surface area contributed by atoms with Crippen LogP contribution in [0, 0.1) is 11.8 Å². The van der Waals surface area contributed by atoms with Crippen molar-refractivity contribution < 1.29 is 15.3 Å². The van der Waals surface area contributed by atoms with Crippen LogP contribution < -0.4 is 5.73 Å². The molecule has 0 rings (SSSR count). The van der Waals surface area contributed by atoms with Crippen molar-refractivity contribution in [3.8, 4) is 0 Å². The minimum absolute atomic E-state index is 0.172. The minimum Gasteiger partial charge on any atom is -0.395 e. The Morgan fingerprint density at radius 2 is 1.65 bits per heavy atom. The maximum atomic E-state index is 10.2. The zero-order chi connectivity index (χ0) is 20.1. The van der Waals surface area contributed by atoms with Crippen LogP contribution in [0.25, 0.3) is 0 Å². The molecule has 154 valence electrons. The second kappa shape index (κ2) is 14.4. The molecule has 0 radical (unpaired) electrons. The number of aliphatic hydroxyl groups is 3. The maximum absolute atomic E-state index is 10.2. The molecular formula is C22H43NO3. The third-order valence-corrected chi connectivity index (χ3v) is 5.16. The second-order valence-electron chi connectivity index (χ2n) is 8.34. The van der Waals surface area contributed by atoms with Gasteiger partial charge in [-0.05, 0) is 77.6 Å². The monoisotopic (exact) mass is 369 g/mol. The molecule has 0 amide bonds. The summed E-state index contributed by atoms with van der Waals surface area (Å²) in [4.78, 5) is 0. The van der Waals surface area contributed by atoms with Gasteiger partial charge < -0.3 is 21.1 Å². The SMILES string of the molecule is CC(C)=CCC(O)C(C)CCCC(C)=CCCC(C)CC(O)C(N)CO. The van der Waals surface area contributed by atoms with Crippen LogP contribution in [0.4, 0.5) is 0 Å². The molecule has 0 aliphatic heterocycles. The van der Waals surface area contributed by atoms with Gasteiger partial charge >= 0.3 is 0 Å². The molecule has 0 fully saturated rings. The number of aliphatic hydroxyl groups excluding tert-OH is 3. The van der Waals surface area contributed by atoms with Crippen LogP contribution in [0.5, 0.6) is 0 Å². The van der Waals surface area contributed by atoms with Gasteiger partial charge in [0, 0.05) is 0 Å². The summed E-state index contributed by atoms with van der Waals surface area (Å²) < 4.78 is 0. The fourth-order valence-corrected chi connectivity index (χ4v) is 3.03. The molecule has 0 bridgehead atoms. The lowest BCUT2D eigenvalue weighted by molar-refractivity contribution is 0.0876. The minimum atomic E-state index is -0.626. The number of hydrogen-bond acceptors (Lipinski definition) is 4. The Kier molecular flexibility index (Phi) is 14.0. The van der Waals surface area contributed by atoms with Gasteiger partial charge in [-0.15, -0.1) is 0 Å². The first-order valence-corrected chi connectivity index (χ1v) is 10.2. The average molecular weight is 370 g/mol. The Hall–Kier alpha value is -0.680. The zero-order valence-corrected chi connectivity index (χ0v) is 17.6. The van der Waals surface area contributed by atoms with E-state index in [1.54, 1.807) is 0 Å². The molecule has 0 aromatic carbocycles. The molecule has 26 heavy (non-hydrogen) atoms. The highest BCUT2D eigenvalue weighted by Crippen LogP contribution is 2.20. The van der Waals surface area contributed by atoms with Crippen molar-refractivity contribution in [3.05, 3.63) is 23.3 Å². The lowest BCUT2D eigenvalue weighted by atomic mass is 9.93. The quantitative estimate of drug-likeness (QED) is 0.349. The van der Waals surface area contributed by atoms with E-state index in [0.29, 0.717) is 18.3 Å². The molecule has 5 N–H and O–H groups in total. The van der Waals surface area contributed by atoms with Gasteiger partial charge in [0.25, 0.3) is 0 Å². The van der Waals surface area contributed by atoms with Gasteiger partial charge in [-0.3, -0.25) is 0 Å². The van der Waals surface area contributed by atoms with E-state index >= 15 is 0 Å². The van der Waals surface area contributed by atoms with Crippen LogP contribution in [-0.2, 0) is 0 Å². The molecule has 5 atom stereocenters. The summed E-state index contributed by atoms with van der Waals surface area (Å²) in [5, 5.41) is 29.0. The number of rotatable bonds is 14. The third kappa shape index (κ3) is 12.6. The standard InChI is InChI=1S/C22H43NO3/c1-16(2)12-13-21(25)19(5)11-7-9-17(3)8-6-10-18(4)14-22(26)20(23)15-24/h8,12,18-22,24-26H,6-7,9-11,13-15,23H2,1-5H3. The summed E-state index contributed by atoms with van der Waals surface area (Å²) in [5.74, 6) is 0.715. The predicted octanol–water partition coefficient (Wildman–Crippen LogP) is 3.94. The lowest BCUT2D eigenvalue weighted by Gasteiger charge is -2.20. The fourth-order valence-electron chi connectivity index (χ4n) is 3.03. The van der Waals surface area contributed by atoms with Crippen LogP contribution in [0.15, 0.2) is 23.3 Å². The topological polar surface area (TPSA) is 86.7 Å². The number of allylic oxidation sites excluding steroid dienone is 3. The Morgan fingerprint density at radius 1 is 1.00 bits per heavy atom. The largest absolute Gasteiger partial charge is 0.395 e. The molecule has 0 saturated heterocycles. The van der Waals surface area contributed by atoms with E-state index in [9.17, 15) is 10.2 Å². The molecule has 0 aromatic rings. The van der Waals surface area contributed by atoms with Gasteiger partial charge in [-0.25, -0.2) is 0 Å². The van der Waals surface area contributed by atoms with Crippen molar-refractivity contribution in [2.75, 3.05) is 6.61 Å². The Balaban J connectivity index is 3.99. The highest BCUT2D eigenvalue weighted by molar-refractivity contribution is 4.98. The van der Waals surface area contributed by atoms with Gasteiger partial charge in [0.15, 0.2) is 0 Å². The summed E-state index contributed by atoms with van der Waals surface area (Å²) in [7, 11) is 0. The zero-order valence-electron chi connectivity index (χ0n) is 17.6. The number of nitrogens with two attached hydrogens (primary N) is 1. The summed E-state index contributed by atoms with van der Waals surface area (Å²) in [6, 6.07) is -0.538. The van der Waals surface area contributed by atoms with E-state index in [2.05, 4.69) is 46.8 Å². The first-order chi connectivity index (χ1) is 12.2. The predicted molar refractivity (Wildman–Crippen MR) is 111 cm³/mol. The summed E-state index contributed by atoms with van der Waals surface area (Å²) >= 11 is 0. The molecule has 0 aromatic heterocycles. The van der Waals surface area contributed by atoms with Crippen molar-refractivity contribution >= 4 is 0 Å². The van der Waals surface area contributed by atoms with Gasteiger partial charge in [-0.1, -0.05) is 37.1 Å². The highest BCUT2D eigenvalue weighted by atomic mass is 16.3. The van der Waals surface area contributed by atoms with E-state index in [1.165, 1.54) is 11.1 Å². The van der Waals surface area contributed by atoms with Crippen molar-refractivity contribution in [2.45, 2.75) is 97.8 Å². The average Bonchev–Trinajstić information content (AvgIpc) is 2.58. The molecule has 4 heteroatoms. The summed E-state index contributed by atoms with van der Waals surface area (Å²) in [5.41, 5.74) is 8.30. The smallest absolute Gasteiger partial charge is 0.0716 e. The summed E-state index contributed by atoms with van der Waals surface area (Å²) in [6.07, 6.45) is 10.2. The van der Waals surface area contributed by atoms with Crippen molar-refractivity contribution in [2.24, 2.45) is 17.6 Å². The van der Waals surface area contributed by atoms with Crippen LogP contribution >= 0.6 is 0 Å². The van der Waals surface area contributed by atoms with Crippen molar-refractivity contribution in [1.82, 2.24) is 0 Å². The normalized spacial score (nSPS) is 18.1. The van der Waals surface area contributed by atoms with Crippen molar-refractivity contribution in [3.63, 3.8) is 0 Å². The Morgan fingerprint density at radius 3 is 2.23 bits per heavy atom. The van der Waals surface area contributed by atoms with Gasteiger partial charge in [-0.2, -0.15) is 0 Å². The molecule has 0 saturated carbocycles. The molecule has 0 heterocycles. The van der Waals surface area contributed by atoms with E-state index in [4.69, 9.17) is 10.8 Å². The van der Waals surface area contributed by atoms with Gasteiger partial charge in [0.05, 0.1) is 24.9 Å². The molecule has 5 unspecified atom stereocenters. The maximum Gasteiger partial charge on any atom is 0.0716 e. The van der Waals surface area contributed by atoms with E-state index in [0.717, 1.165) is 38.5 Å². The van der Waals surface area contributed by atoms with Crippen LogP contribution in [-0.4, -0.2) is 40.2 Å². The second-order valence-corrected chi connectivity index (χ2v) is 8.34. The van der Waals surface area contributed by atoms with Gasteiger partial charge in [0.2, 0.25) is 0 Å². The van der Waals surface area contributed by atoms with Crippen LogP contribution in [0.1, 0.15) is 79.6 Å². The van der Waals surface area contributed by atoms with Gasteiger partial charge in [0.1, 0.15) is 0 Å². The van der Waals surface area contributed by atoms with Crippen LogP contribution in [0.2, 0.25) is 0 Å². The molecule has 0 spiro atoms. The van der Waals surface area contributed by atoms with Crippen molar-refractivity contribution in [1.29, 1.82) is 0 Å². The third-order valence-electron chi connectivity index (χ3n) is 5.16. The fraction of sp³-hybridized carbons (Fsp3) is 0.818. The number of hydrogen-bond donors (Lipinski definition) is 4. The summed E-state index contributed by atoms with van der Waals surface area (Å²) in [6.45, 7) is 10.4. The Labute approximate surface area is 161 Å². The molecular weight excluding hydrogens is 326 g/mol. The van der Waals surface area contributed by atoms with Crippen LogP contribution in [0.3, 0.4) is 0 Å². The first kappa shape index (κ1) is 25.3. The highest BCUT2D eigenvalue weighted by Gasteiger charge is 2.16. The van der Waals surface area contributed by atoms with E-state index in [1.807, 2.05) is 0 Å². The molecule has 0 aliphatic carbocycles. The Bertz CT molecular complexity index is 416. The molecule has 0 aliphatic rings. The van der Waals surface area contributed by atoms with E-state index in [-0.39, 0.29) is 12.7 Å². The van der Waals surface area contributed by atoms with E-state index < -0.39 is 12.1 Å². The lowest BCUT2D eigenvalue weighted by Crippen LogP contribution is -2.38. The molecule has 4 nitrogen and oxygen atoms in total.